The fraction of sp³-hybridized carbons (Fsp3) is 0.667. The van der Waals surface area contributed by atoms with Crippen molar-refractivity contribution in [3.05, 3.63) is 23.5 Å². The molecule has 3 aliphatic rings. The van der Waals surface area contributed by atoms with Crippen molar-refractivity contribution in [1.82, 2.24) is 14.5 Å². The van der Waals surface area contributed by atoms with E-state index in [2.05, 4.69) is 21.9 Å². The molecule has 0 aromatic heterocycles. The number of piperazine rings is 1. The molecule has 1 saturated carbocycles. The highest BCUT2D eigenvalue weighted by atomic mass is 35.5. The minimum absolute atomic E-state index is 0.00740. The lowest BCUT2D eigenvalue weighted by Crippen LogP contribution is -2.58. The maximum atomic E-state index is 13.3. The number of aliphatic imine (C=N–C) groups is 2. The zero-order valence-electron chi connectivity index (χ0n) is 18.5. The highest BCUT2D eigenvalue weighted by Crippen LogP contribution is 2.36. The monoisotopic (exact) mass is 469 g/mol. The van der Waals surface area contributed by atoms with Crippen molar-refractivity contribution in [2.24, 2.45) is 21.8 Å². The van der Waals surface area contributed by atoms with Gasteiger partial charge in [0.2, 0.25) is 10.0 Å². The molecule has 8 nitrogen and oxygen atoms in total. The number of nitrogens with zero attached hydrogens (tertiary/aromatic N) is 4. The van der Waals surface area contributed by atoms with E-state index in [0.29, 0.717) is 42.9 Å². The van der Waals surface area contributed by atoms with Crippen LogP contribution < -0.4 is 5.32 Å². The van der Waals surface area contributed by atoms with Crippen LogP contribution in [0.3, 0.4) is 0 Å². The van der Waals surface area contributed by atoms with E-state index < -0.39 is 10.0 Å². The van der Waals surface area contributed by atoms with Crippen LogP contribution in [-0.2, 0) is 14.8 Å². The Balaban J connectivity index is 1.75. The molecule has 1 N–H and O–H groups in total. The van der Waals surface area contributed by atoms with E-state index in [0.717, 1.165) is 25.7 Å². The molecule has 1 atom stereocenters. The van der Waals surface area contributed by atoms with Gasteiger partial charge in [-0.3, -0.25) is 14.7 Å². The highest BCUT2D eigenvalue weighted by molar-refractivity contribution is 7.89. The van der Waals surface area contributed by atoms with Gasteiger partial charge in [0.25, 0.3) is 5.91 Å². The number of hydrogen-bond acceptors (Lipinski definition) is 5. The summed E-state index contributed by atoms with van der Waals surface area (Å²) in [6.07, 6.45) is 5.50. The van der Waals surface area contributed by atoms with Crippen molar-refractivity contribution in [1.29, 1.82) is 0 Å². The number of amidine groups is 2. The van der Waals surface area contributed by atoms with Gasteiger partial charge in [-0.1, -0.05) is 24.3 Å². The van der Waals surface area contributed by atoms with Crippen LogP contribution in [0.15, 0.2) is 33.5 Å². The van der Waals surface area contributed by atoms with Gasteiger partial charge in [0, 0.05) is 25.7 Å². The van der Waals surface area contributed by atoms with Gasteiger partial charge >= 0.3 is 0 Å². The van der Waals surface area contributed by atoms with Crippen LogP contribution in [0.5, 0.6) is 0 Å². The fourth-order valence-corrected chi connectivity index (χ4v) is 5.27. The molecular formula is C21H32ClN5O3S. The van der Waals surface area contributed by atoms with Crippen LogP contribution in [0.1, 0.15) is 46.5 Å². The summed E-state index contributed by atoms with van der Waals surface area (Å²) in [5, 5.41) is 3.23. The smallest absolute Gasteiger partial charge is 0.295 e. The van der Waals surface area contributed by atoms with E-state index >= 15 is 0 Å². The van der Waals surface area contributed by atoms with E-state index in [9.17, 15) is 13.2 Å². The third-order valence-corrected chi connectivity index (χ3v) is 8.18. The fourth-order valence-electron chi connectivity index (χ4n) is 4.05. The summed E-state index contributed by atoms with van der Waals surface area (Å²) in [5.41, 5.74) is 0.677. The summed E-state index contributed by atoms with van der Waals surface area (Å²) < 4.78 is 25.7. The molecule has 1 aliphatic carbocycles. The molecule has 10 heteroatoms. The number of allylic oxidation sites excluding steroid dienone is 1. The van der Waals surface area contributed by atoms with Gasteiger partial charge in [0.05, 0.1) is 11.4 Å². The molecule has 0 radical (unpaired) electrons. The van der Waals surface area contributed by atoms with Gasteiger partial charge in [-0.15, -0.1) is 0 Å². The third-order valence-electron chi connectivity index (χ3n) is 6.21. The molecule has 0 aromatic carbocycles. The number of carbonyl (C=O) groups excluding carboxylic acids is 1. The largest absolute Gasteiger partial charge is 0.333 e. The van der Waals surface area contributed by atoms with Crippen LogP contribution in [0.4, 0.5) is 0 Å². The summed E-state index contributed by atoms with van der Waals surface area (Å²) in [7, 11) is -3.15. The van der Waals surface area contributed by atoms with Gasteiger partial charge in [-0.05, 0) is 58.3 Å². The first-order valence-electron chi connectivity index (χ1n) is 10.9. The van der Waals surface area contributed by atoms with Gasteiger partial charge in [0.15, 0.2) is 11.7 Å². The number of piperidine rings is 1. The van der Waals surface area contributed by atoms with E-state index in [1.165, 1.54) is 0 Å². The number of carbonyl (C=O) groups is 1. The first-order chi connectivity index (χ1) is 14.7. The summed E-state index contributed by atoms with van der Waals surface area (Å²) >= 11 is 5.95. The molecule has 3 fully saturated rings. The standard InChI is InChI=1S/C21H32ClN5O3S/c1-5-18-20(24-15(4)22)27(14(3)17-7-8-17)21(28)19(25-18)23-13-16-9-11-26(12-10-16)31(29,30)6-2/h5,14,16-17H,4,6-13H2,1-3H3,(H,23,25)/b18-5+,24-20?. The zero-order valence-corrected chi connectivity index (χ0v) is 20.0. The van der Waals surface area contributed by atoms with Crippen molar-refractivity contribution in [3.8, 4) is 0 Å². The Morgan fingerprint density at radius 3 is 2.48 bits per heavy atom. The van der Waals surface area contributed by atoms with Gasteiger partial charge in [0.1, 0.15) is 5.16 Å². The van der Waals surface area contributed by atoms with E-state index in [1.54, 1.807) is 16.1 Å². The molecule has 0 aromatic rings. The van der Waals surface area contributed by atoms with Crippen molar-refractivity contribution in [2.75, 3.05) is 25.4 Å². The summed E-state index contributed by atoms with van der Waals surface area (Å²) in [6, 6.07) is -0.00740. The molecule has 2 aliphatic heterocycles. The van der Waals surface area contributed by atoms with Crippen LogP contribution in [-0.4, -0.2) is 66.6 Å². The Hall–Kier alpha value is -1.71. The number of sulfonamides is 1. The van der Waals surface area contributed by atoms with E-state index in [1.807, 2.05) is 19.9 Å². The molecule has 31 heavy (non-hydrogen) atoms. The molecule has 1 amide bonds. The number of halogens is 1. The summed E-state index contributed by atoms with van der Waals surface area (Å²) in [6.45, 7) is 10.7. The molecule has 3 rings (SSSR count). The first kappa shape index (κ1) is 23.9. The minimum Gasteiger partial charge on any atom is -0.333 e. The van der Waals surface area contributed by atoms with Gasteiger partial charge in [-0.2, -0.15) is 0 Å². The SMILES string of the molecule is C=C(Cl)N=C1/C(=C\C)NC(=NCC2CCN(S(=O)(=O)CC)CC2)C(=O)N1C(C)C1CC1. The summed E-state index contributed by atoms with van der Waals surface area (Å²) in [4.78, 5) is 23.9. The molecule has 0 spiro atoms. The Bertz CT molecular complexity index is 915. The Labute approximate surface area is 190 Å². The van der Waals surface area contributed by atoms with E-state index in [4.69, 9.17) is 11.6 Å². The van der Waals surface area contributed by atoms with Crippen LogP contribution in [0.2, 0.25) is 0 Å². The Morgan fingerprint density at radius 2 is 1.97 bits per heavy atom. The molecule has 2 saturated heterocycles. The van der Waals surface area contributed by atoms with E-state index in [-0.39, 0.29) is 28.8 Å². The minimum atomic E-state index is -3.15. The van der Waals surface area contributed by atoms with Crippen molar-refractivity contribution < 1.29 is 13.2 Å². The number of hydrogen-bond donors (Lipinski definition) is 1. The highest BCUT2D eigenvalue weighted by Gasteiger charge is 2.42. The lowest BCUT2D eigenvalue weighted by Gasteiger charge is -2.36. The predicted molar refractivity (Wildman–Crippen MR) is 124 cm³/mol. The molecule has 0 bridgehead atoms. The van der Waals surface area contributed by atoms with Gasteiger partial charge in [-0.25, -0.2) is 17.7 Å². The second-order valence-electron chi connectivity index (χ2n) is 8.32. The maximum Gasteiger partial charge on any atom is 0.295 e. The Kier molecular flexibility index (Phi) is 7.59. The second-order valence-corrected chi connectivity index (χ2v) is 11.0. The van der Waals surface area contributed by atoms with Gasteiger partial charge < -0.3 is 5.32 Å². The van der Waals surface area contributed by atoms with Crippen LogP contribution >= 0.6 is 11.6 Å². The Morgan fingerprint density at radius 1 is 1.32 bits per heavy atom. The number of amides is 1. The molecule has 172 valence electrons. The zero-order chi connectivity index (χ0) is 22.8. The van der Waals surface area contributed by atoms with Crippen LogP contribution in [0, 0.1) is 11.8 Å². The molecule has 2 heterocycles. The van der Waals surface area contributed by atoms with Crippen LogP contribution in [0.25, 0.3) is 0 Å². The maximum absolute atomic E-state index is 13.3. The predicted octanol–water partition coefficient (Wildman–Crippen LogP) is 2.69. The third kappa shape index (κ3) is 5.56. The molecular weight excluding hydrogens is 438 g/mol. The molecule has 1 unspecified atom stereocenters. The lowest BCUT2D eigenvalue weighted by atomic mass is 9.98. The lowest BCUT2D eigenvalue weighted by molar-refractivity contribution is -0.122. The normalized spacial score (nSPS) is 26.5. The first-order valence-corrected chi connectivity index (χ1v) is 12.9. The van der Waals surface area contributed by atoms with Crippen molar-refractivity contribution in [3.63, 3.8) is 0 Å². The average molecular weight is 470 g/mol. The average Bonchev–Trinajstić information content (AvgIpc) is 3.58. The number of nitrogens with one attached hydrogen (secondary N) is 1. The quantitative estimate of drug-likeness (QED) is 0.580. The summed E-state index contributed by atoms with van der Waals surface area (Å²) in [5.74, 6) is 1.37. The van der Waals surface area contributed by atoms with Crippen molar-refractivity contribution in [2.45, 2.75) is 52.5 Å². The topological polar surface area (TPSA) is 94.4 Å². The number of rotatable bonds is 7. The second kappa shape index (κ2) is 9.83. The van der Waals surface area contributed by atoms with Crippen molar-refractivity contribution >= 4 is 39.2 Å².